The summed E-state index contributed by atoms with van der Waals surface area (Å²) < 4.78 is 0. The second-order valence-electron chi connectivity index (χ2n) is 4.96. The Balaban J connectivity index is 1.81. The van der Waals surface area contributed by atoms with Crippen LogP contribution >= 0.6 is 11.6 Å². The van der Waals surface area contributed by atoms with Crippen LogP contribution in [0.4, 0.5) is 0 Å². The predicted octanol–water partition coefficient (Wildman–Crippen LogP) is 2.99. The molecule has 1 unspecified atom stereocenters. The second kappa shape index (κ2) is 6.93. The van der Waals surface area contributed by atoms with E-state index >= 15 is 0 Å². The van der Waals surface area contributed by atoms with E-state index in [0.29, 0.717) is 17.6 Å². The van der Waals surface area contributed by atoms with Crippen molar-refractivity contribution in [2.24, 2.45) is 0 Å². The molecular formula is C15H21ClN2. The van der Waals surface area contributed by atoms with E-state index in [9.17, 15) is 0 Å². The molecule has 18 heavy (non-hydrogen) atoms. The Morgan fingerprint density at radius 1 is 1.39 bits per heavy atom. The van der Waals surface area contributed by atoms with E-state index in [1.165, 1.54) is 24.9 Å². The maximum absolute atomic E-state index is 5.79. The van der Waals surface area contributed by atoms with Crippen molar-refractivity contribution in [2.45, 2.75) is 25.4 Å². The van der Waals surface area contributed by atoms with Crippen molar-refractivity contribution in [1.29, 1.82) is 0 Å². The van der Waals surface area contributed by atoms with Crippen molar-refractivity contribution >= 4 is 11.6 Å². The van der Waals surface area contributed by atoms with Crippen LogP contribution in [0, 0.1) is 0 Å². The standard InChI is InChI=1S/C15H21ClN2/c1-13(16)10-17-15-8-5-9-18(12-15)11-14-6-3-2-4-7-14/h2-4,6-7,15,17H,1,5,8-12H2. The van der Waals surface area contributed by atoms with Crippen molar-refractivity contribution in [1.82, 2.24) is 10.2 Å². The summed E-state index contributed by atoms with van der Waals surface area (Å²) in [6.45, 7) is 7.76. The third kappa shape index (κ3) is 4.45. The van der Waals surface area contributed by atoms with E-state index in [-0.39, 0.29) is 0 Å². The summed E-state index contributed by atoms with van der Waals surface area (Å²) in [6, 6.07) is 11.2. The lowest BCUT2D eigenvalue weighted by atomic mass is 10.0. The molecule has 0 amide bonds. The molecule has 0 aromatic heterocycles. The summed E-state index contributed by atoms with van der Waals surface area (Å²) >= 11 is 5.79. The summed E-state index contributed by atoms with van der Waals surface area (Å²) in [6.07, 6.45) is 2.48. The number of piperidine rings is 1. The highest BCUT2D eigenvalue weighted by Gasteiger charge is 2.19. The number of benzene rings is 1. The van der Waals surface area contributed by atoms with Gasteiger partial charge in [-0.1, -0.05) is 48.5 Å². The van der Waals surface area contributed by atoms with Gasteiger partial charge in [-0.3, -0.25) is 4.90 Å². The molecule has 1 atom stereocenters. The van der Waals surface area contributed by atoms with Crippen LogP contribution in [0.25, 0.3) is 0 Å². The highest BCUT2D eigenvalue weighted by Crippen LogP contribution is 2.14. The smallest absolute Gasteiger partial charge is 0.0310 e. The van der Waals surface area contributed by atoms with Gasteiger partial charge in [0.25, 0.3) is 0 Å². The van der Waals surface area contributed by atoms with Crippen LogP contribution in [0.3, 0.4) is 0 Å². The van der Waals surface area contributed by atoms with Gasteiger partial charge < -0.3 is 5.32 Å². The van der Waals surface area contributed by atoms with Crippen molar-refractivity contribution < 1.29 is 0 Å². The third-order valence-electron chi connectivity index (χ3n) is 3.34. The predicted molar refractivity (Wildman–Crippen MR) is 77.7 cm³/mol. The van der Waals surface area contributed by atoms with Crippen LogP contribution < -0.4 is 5.32 Å². The lowest BCUT2D eigenvalue weighted by Gasteiger charge is -2.33. The molecular weight excluding hydrogens is 244 g/mol. The van der Waals surface area contributed by atoms with Gasteiger partial charge in [0.1, 0.15) is 0 Å². The monoisotopic (exact) mass is 264 g/mol. The van der Waals surface area contributed by atoms with E-state index in [1.807, 2.05) is 0 Å². The molecule has 1 saturated heterocycles. The van der Waals surface area contributed by atoms with Crippen molar-refractivity contribution in [2.75, 3.05) is 19.6 Å². The zero-order chi connectivity index (χ0) is 12.8. The molecule has 1 aromatic rings. The quantitative estimate of drug-likeness (QED) is 0.880. The minimum atomic E-state index is 0.540. The molecule has 0 bridgehead atoms. The molecule has 1 aliphatic rings. The first-order valence-corrected chi connectivity index (χ1v) is 6.95. The minimum absolute atomic E-state index is 0.540. The normalized spacial score (nSPS) is 20.8. The molecule has 1 N–H and O–H groups in total. The number of hydrogen-bond donors (Lipinski definition) is 1. The van der Waals surface area contributed by atoms with Gasteiger partial charge in [-0.25, -0.2) is 0 Å². The summed E-state index contributed by atoms with van der Waals surface area (Å²) in [5.74, 6) is 0. The Bertz CT molecular complexity index is 377. The number of likely N-dealkylation sites (tertiary alicyclic amines) is 1. The van der Waals surface area contributed by atoms with E-state index in [2.05, 4.69) is 47.1 Å². The summed E-state index contributed by atoms with van der Waals surface area (Å²) in [5.41, 5.74) is 1.39. The first-order chi connectivity index (χ1) is 8.74. The molecule has 1 fully saturated rings. The van der Waals surface area contributed by atoms with Gasteiger partial charge in [-0.15, -0.1) is 0 Å². The molecule has 0 spiro atoms. The molecule has 1 heterocycles. The zero-order valence-electron chi connectivity index (χ0n) is 10.7. The molecule has 0 saturated carbocycles. The highest BCUT2D eigenvalue weighted by molar-refractivity contribution is 6.29. The Labute approximate surface area is 115 Å². The number of nitrogens with zero attached hydrogens (tertiary/aromatic N) is 1. The Morgan fingerprint density at radius 2 is 2.17 bits per heavy atom. The van der Waals surface area contributed by atoms with Crippen molar-refractivity contribution in [3.05, 3.63) is 47.5 Å². The van der Waals surface area contributed by atoms with E-state index in [1.54, 1.807) is 0 Å². The SMILES string of the molecule is C=C(Cl)CNC1CCCN(Cc2ccccc2)C1. The fourth-order valence-electron chi connectivity index (χ4n) is 2.46. The number of hydrogen-bond acceptors (Lipinski definition) is 2. The number of halogens is 1. The molecule has 2 rings (SSSR count). The third-order valence-corrected chi connectivity index (χ3v) is 3.47. The van der Waals surface area contributed by atoms with Gasteiger partial charge in [0, 0.05) is 30.7 Å². The van der Waals surface area contributed by atoms with Gasteiger partial charge in [0.05, 0.1) is 0 Å². The van der Waals surface area contributed by atoms with E-state index < -0.39 is 0 Å². The zero-order valence-corrected chi connectivity index (χ0v) is 11.5. The molecule has 1 aliphatic heterocycles. The Kier molecular flexibility index (Phi) is 5.24. The van der Waals surface area contributed by atoms with Gasteiger partial charge in [-0.05, 0) is 24.9 Å². The first-order valence-electron chi connectivity index (χ1n) is 6.57. The Hall–Kier alpha value is -0.830. The maximum atomic E-state index is 5.79. The van der Waals surface area contributed by atoms with Crippen LogP contribution in [0.5, 0.6) is 0 Å². The minimum Gasteiger partial charge on any atom is -0.308 e. The molecule has 3 heteroatoms. The lowest BCUT2D eigenvalue weighted by molar-refractivity contribution is 0.185. The van der Waals surface area contributed by atoms with Crippen molar-refractivity contribution in [3.8, 4) is 0 Å². The fourth-order valence-corrected chi connectivity index (χ4v) is 2.54. The molecule has 2 nitrogen and oxygen atoms in total. The van der Waals surface area contributed by atoms with Gasteiger partial charge in [0.2, 0.25) is 0 Å². The van der Waals surface area contributed by atoms with Crippen LogP contribution in [0.15, 0.2) is 41.9 Å². The van der Waals surface area contributed by atoms with Gasteiger partial charge in [0.15, 0.2) is 0 Å². The van der Waals surface area contributed by atoms with Crippen molar-refractivity contribution in [3.63, 3.8) is 0 Å². The molecule has 0 radical (unpaired) electrons. The van der Waals surface area contributed by atoms with E-state index in [4.69, 9.17) is 11.6 Å². The van der Waals surface area contributed by atoms with E-state index in [0.717, 1.165) is 13.1 Å². The van der Waals surface area contributed by atoms with Crippen LogP contribution in [-0.2, 0) is 6.54 Å². The number of rotatable bonds is 5. The van der Waals surface area contributed by atoms with Crippen LogP contribution in [0.1, 0.15) is 18.4 Å². The molecule has 1 aromatic carbocycles. The fraction of sp³-hybridized carbons (Fsp3) is 0.467. The largest absolute Gasteiger partial charge is 0.308 e. The molecule has 0 aliphatic carbocycles. The average Bonchev–Trinajstić information content (AvgIpc) is 2.38. The topological polar surface area (TPSA) is 15.3 Å². The molecule has 98 valence electrons. The van der Waals surface area contributed by atoms with Crippen LogP contribution in [-0.4, -0.2) is 30.6 Å². The Morgan fingerprint density at radius 3 is 2.89 bits per heavy atom. The summed E-state index contributed by atoms with van der Waals surface area (Å²) in [7, 11) is 0. The maximum Gasteiger partial charge on any atom is 0.0310 e. The highest BCUT2D eigenvalue weighted by atomic mass is 35.5. The average molecular weight is 265 g/mol. The van der Waals surface area contributed by atoms with Gasteiger partial charge >= 0.3 is 0 Å². The van der Waals surface area contributed by atoms with Gasteiger partial charge in [-0.2, -0.15) is 0 Å². The van der Waals surface area contributed by atoms with Crippen LogP contribution in [0.2, 0.25) is 0 Å². The lowest BCUT2D eigenvalue weighted by Crippen LogP contribution is -2.45. The summed E-state index contributed by atoms with van der Waals surface area (Å²) in [5, 5.41) is 4.15. The second-order valence-corrected chi connectivity index (χ2v) is 5.49. The number of nitrogens with one attached hydrogen (secondary N) is 1. The first kappa shape index (κ1) is 13.6. The summed E-state index contributed by atoms with van der Waals surface area (Å²) in [4.78, 5) is 2.51.